The summed E-state index contributed by atoms with van der Waals surface area (Å²) in [5.74, 6) is -0.0248. The standard InChI is InChI=1S/C14H15N3OS/c15-10-5-6-16-13(8-10)14(18)17(11-3-4-11)9-12-2-1-7-19-12/h1-2,5-8,11H,3-4,9H2,(H2,15,16). The van der Waals surface area contributed by atoms with Crippen molar-refractivity contribution >= 4 is 22.9 Å². The van der Waals surface area contributed by atoms with E-state index in [0.29, 0.717) is 24.0 Å². The Morgan fingerprint density at radius 3 is 2.95 bits per heavy atom. The van der Waals surface area contributed by atoms with E-state index < -0.39 is 0 Å². The molecule has 1 saturated carbocycles. The van der Waals surface area contributed by atoms with Gasteiger partial charge in [-0.3, -0.25) is 9.78 Å². The molecule has 1 fully saturated rings. The number of hydrogen-bond acceptors (Lipinski definition) is 4. The molecule has 0 unspecified atom stereocenters. The number of hydrogen-bond donors (Lipinski definition) is 1. The quantitative estimate of drug-likeness (QED) is 0.931. The molecule has 0 atom stereocenters. The van der Waals surface area contributed by atoms with Crippen molar-refractivity contribution in [3.8, 4) is 0 Å². The summed E-state index contributed by atoms with van der Waals surface area (Å²) < 4.78 is 0. The molecular formula is C14H15N3OS. The monoisotopic (exact) mass is 273 g/mol. The first-order chi connectivity index (χ1) is 9.24. The molecule has 1 aliphatic rings. The first kappa shape index (κ1) is 12.2. The molecular weight excluding hydrogens is 258 g/mol. The number of pyridine rings is 1. The van der Waals surface area contributed by atoms with Crippen LogP contribution in [-0.2, 0) is 6.54 Å². The number of amides is 1. The molecule has 0 saturated heterocycles. The number of nitrogens with zero attached hydrogens (tertiary/aromatic N) is 2. The van der Waals surface area contributed by atoms with Gasteiger partial charge in [0.1, 0.15) is 5.69 Å². The van der Waals surface area contributed by atoms with Gasteiger partial charge >= 0.3 is 0 Å². The Labute approximate surface area is 115 Å². The third kappa shape index (κ3) is 2.76. The van der Waals surface area contributed by atoms with E-state index in [2.05, 4.69) is 11.1 Å². The van der Waals surface area contributed by atoms with Gasteiger partial charge in [0.25, 0.3) is 5.91 Å². The Balaban J connectivity index is 1.82. The normalized spacial score (nSPS) is 14.3. The van der Waals surface area contributed by atoms with E-state index in [1.54, 1.807) is 29.7 Å². The summed E-state index contributed by atoms with van der Waals surface area (Å²) in [5, 5.41) is 2.03. The number of thiophene rings is 1. The molecule has 0 spiro atoms. The summed E-state index contributed by atoms with van der Waals surface area (Å²) in [5.41, 5.74) is 6.72. The van der Waals surface area contributed by atoms with Crippen molar-refractivity contribution in [3.63, 3.8) is 0 Å². The molecule has 0 bridgehead atoms. The van der Waals surface area contributed by atoms with Crippen LogP contribution in [0.2, 0.25) is 0 Å². The molecule has 2 aromatic rings. The zero-order valence-corrected chi connectivity index (χ0v) is 11.3. The maximum absolute atomic E-state index is 12.5. The molecule has 98 valence electrons. The second kappa shape index (κ2) is 5.01. The minimum atomic E-state index is -0.0248. The number of aromatic nitrogens is 1. The molecule has 0 aromatic carbocycles. The third-order valence-electron chi connectivity index (χ3n) is 3.16. The van der Waals surface area contributed by atoms with Crippen LogP contribution in [0.3, 0.4) is 0 Å². The highest BCUT2D eigenvalue weighted by Crippen LogP contribution is 2.30. The summed E-state index contributed by atoms with van der Waals surface area (Å²) in [6.45, 7) is 0.664. The van der Waals surface area contributed by atoms with E-state index in [9.17, 15) is 4.79 Å². The van der Waals surface area contributed by atoms with Gasteiger partial charge in [-0.05, 0) is 36.4 Å². The Kier molecular flexibility index (Phi) is 3.21. The van der Waals surface area contributed by atoms with E-state index >= 15 is 0 Å². The van der Waals surface area contributed by atoms with Gasteiger partial charge < -0.3 is 10.6 Å². The van der Waals surface area contributed by atoms with Gasteiger partial charge in [0.05, 0.1) is 6.54 Å². The third-order valence-corrected chi connectivity index (χ3v) is 4.02. The van der Waals surface area contributed by atoms with Crippen LogP contribution in [0.15, 0.2) is 35.8 Å². The van der Waals surface area contributed by atoms with E-state index in [-0.39, 0.29) is 5.91 Å². The van der Waals surface area contributed by atoms with Crippen LogP contribution < -0.4 is 5.73 Å². The van der Waals surface area contributed by atoms with Crippen LogP contribution >= 0.6 is 11.3 Å². The topological polar surface area (TPSA) is 59.2 Å². The smallest absolute Gasteiger partial charge is 0.273 e. The predicted molar refractivity (Wildman–Crippen MR) is 75.9 cm³/mol. The molecule has 1 aliphatic carbocycles. The Morgan fingerprint density at radius 2 is 2.32 bits per heavy atom. The molecule has 5 heteroatoms. The fourth-order valence-corrected chi connectivity index (χ4v) is 2.74. The van der Waals surface area contributed by atoms with Crippen molar-refractivity contribution in [2.24, 2.45) is 0 Å². The van der Waals surface area contributed by atoms with Gasteiger partial charge in [-0.2, -0.15) is 0 Å². The minimum absolute atomic E-state index is 0.0248. The average Bonchev–Trinajstić information content (AvgIpc) is 3.12. The van der Waals surface area contributed by atoms with E-state index in [4.69, 9.17) is 5.73 Å². The Morgan fingerprint density at radius 1 is 1.47 bits per heavy atom. The summed E-state index contributed by atoms with van der Waals surface area (Å²) in [6.07, 6.45) is 3.75. The summed E-state index contributed by atoms with van der Waals surface area (Å²) >= 11 is 1.67. The molecule has 19 heavy (non-hydrogen) atoms. The fraction of sp³-hybridized carbons (Fsp3) is 0.286. The van der Waals surface area contributed by atoms with Crippen molar-refractivity contribution in [1.82, 2.24) is 9.88 Å². The SMILES string of the molecule is Nc1ccnc(C(=O)N(Cc2cccs2)C2CC2)c1. The van der Waals surface area contributed by atoms with Crippen LogP contribution in [-0.4, -0.2) is 21.8 Å². The molecule has 1 amide bonds. The second-order valence-electron chi connectivity index (χ2n) is 4.72. The second-order valence-corrected chi connectivity index (χ2v) is 5.75. The van der Waals surface area contributed by atoms with E-state index in [0.717, 1.165) is 12.8 Å². The Hall–Kier alpha value is -1.88. The highest BCUT2D eigenvalue weighted by molar-refractivity contribution is 7.09. The number of rotatable bonds is 4. The van der Waals surface area contributed by atoms with Crippen LogP contribution in [0.5, 0.6) is 0 Å². The largest absolute Gasteiger partial charge is 0.399 e. The van der Waals surface area contributed by atoms with E-state index in [1.807, 2.05) is 16.3 Å². The first-order valence-corrected chi connectivity index (χ1v) is 7.17. The van der Waals surface area contributed by atoms with Crippen molar-refractivity contribution in [2.45, 2.75) is 25.4 Å². The highest BCUT2D eigenvalue weighted by atomic mass is 32.1. The van der Waals surface area contributed by atoms with Gasteiger partial charge in [-0.1, -0.05) is 6.07 Å². The first-order valence-electron chi connectivity index (χ1n) is 6.29. The fourth-order valence-electron chi connectivity index (χ4n) is 2.03. The molecule has 2 N–H and O–H groups in total. The van der Waals surface area contributed by atoms with E-state index in [1.165, 1.54) is 4.88 Å². The molecule has 0 radical (unpaired) electrons. The summed E-state index contributed by atoms with van der Waals surface area (Å²) in [7, 11) is 0. The van der Waals surface area contributed by atoms with Gasteiger partial charge in [-0.25, -0.2) is 0 Å². The van der Waals surface area contributed by atoms with Crippen molar-refractivity contribution in [1.29, 1.82) is 0 Å². The lowest BCUT2D eigenvalue weighted by Gasteiger charge is -2.21. The van der Waals surface area contributed by atoms with Crippen LogP contribution in [0, 0.1) is 0 Å². The summed E-state index contributed by atoms with van der Waals surface area (Å²) in [6, 6.07) is 7.76. The van der Waals surface area contributed by atoms with Crippen molar-refractivity contribution in [3.05, 3.63) is 46.4 Å². The zero-order valence-electron chi connectivity index (χ0n) is 10.5. The van der Waals surface area contributed by atoms with Crippen LogP contribution in [0.4, 0.5) is 5.69 Å². The number of nitrogen functional groups attached to an aromatic ring is 1. The zero-order chi connectivity index (χ0) is 13.2. The number of carbonyl (C=O) groups is 1. The van der Waals surface area contributed by atoms with Crippen molar-refractivity contribution < 1.29 is 4.79 Å². The lowest BCUT2D eigenvalue weighted by atomic mass is 10.2. The van der Waals surface area contributed by atoms with Crippen molar-refractivity contribution in [2.75, 3.05) is 5.73 Å². The molecule has 0 aliphatic heterocycles. The average molecular weight is 273 g/mol. The summed E-state index contributed by atoms with van der Waals surface area (Å²) in [4.78, 5) is 19.8. The number of anilines is 1. The predicted octanol–water partition coefficient (Wildman–Crippen LogP) is 2.53. The molecule has 4 nitrogen and oxygen atoms in total. The number of carbonyl (C=O) groups excluding carboxylic acids is 1. The van der Waals surface area contributed by atoms with Gasteiger partial charge in [0.15, 0.2) is 0 Å². The minimum Gasteiger partial charge on any atom is -0.399 e. The number of nitrogens with two attached hydrogens (primary N) is 1. The molecule has 2 heterocycles. The maximum Gasteiger partial charge on any atom is 0.273 e. The van der Waals surface area contributed by atoms with Gasteiger partial charge in [0, 0.05) is 22.8 Å². The van der Waals surface area contributed by atoms with Crippen LogP contribution in [0.25, 0.3) is 0 Å². The Bertz CT molecular complexity index is 578. The molecule has 3 rings (SSSR count). The van der Waals surface area contributed by atoms with Gasteiger partial charge in [0.2, 0.25) is 0 Å². The lowest BCUT2D eigenvalue weighted by Crippen LogP contribution is -2.32. The lowest BCUT2D eigenvalue weighted by molar-refractivity contribution is 0.0726. The van der Waals surface area contributed by atoms with Gasteiger partial charge in [-0.15, -0.1) is 11.3 Å². The van der Waals surface area contributed by atoms with Crippen LogP contribution in [0.1, 0.15) is 28.2 Å². The molecule has 2 aromatic heterocycles. The highest BCUT2D eigenvalue weighted by Gasteiger charge is 2.33. The maximum atomic E-state index is 12.5.